The van der Waals surface area contributed by atoms with Crippen LogP contribution in [0.1, 0.15) is 36.7 Å². The number of nitrogens with zero attached hydrogens (tertiary/aromatic N) is 5. The molecule has 7 nitrogen and oxygen atoms in total. The van der Waals surface area contributed by atoms with Crippen molar-refractivity contribution in [3.8, 4) is 0 Å². The Morgan fingerprint density at radius 2 is 2.14 bits per heavy atom. The molecule has 2 N–H and O–H groups in total. The molecule has 3 rings (SSSR count). The summed E-state index contributed by atoms with van der Waals surface area (Å²) in [5, 5.41) is 15.5. The molecule has 0 saturated heterocycles. The number of amidine groups is 1. The van der Waals surface area contributed by atoms with Gasteiger partial charge in [-0.25, -0.2) is 4.68 Å². The van der Waals surface area contributed by atoms with E-state index in [0.29, 0.717) is 24.1 Å². The van der Waals surface area contributed by atoms with Gasteiger partial charge in [-0.15, -0.1) is 5.10 Å². The van der Waals surface area contributed by atoms with Crippen molar-refractivity contribution in [3.63, 3.8) is 0 Å². The lowest BCUT2D eigenvalue weighted by Crippen LogP contribution is -2.13. The molecule has 0 atom stereocenters. The van der Waals surface area contributed by atoms with Gasteiger partial charge in [0.1, 0.15) is 5.84 Å². The van der Waals surface area contributed by atoms with Gasteiger partial charge in [0.05, 0.1) is 6.04 Å². The van der Waals surface area contributed by atoms with Crippen LogP contribution in [0.3, 0.4) is 0 Å². The molecular weight excluding hydrogens is 268 g/mol. The molecular formula is C14H18N6O. The number of oxime groups is 1. The van der Waals surface area contributed by atoms with Crippen molar-refractivity contribution in [2.24, 2.45) is 10.9 Å². The lowest BCUT2D eigenvalue weighted by molar-refractivity contribution is 0.120. The molecule has 1 aliphatic rings. The SMILES string of the molecule is N/C(CCc1ccccc1)=N\OCc1nnnn1C1CC1. The molecule has 1 heterocycles. The molecule has 0 bridgehead atoms. The Labute approximate surface area is 122 Å². The van der Waals surface area contributed by atoms with E-state index in [2.05, 4.69) is 32.8 Å². The number of hydrogen-bond donors (Lipinski definition) is 1. The summed E-state index contributed by atoms with van der Waals surface area (Å²) in [7, 11) is 0. The number of rotatable bonds is 7. The summed E-state index contributed by atoms with van der Waals surface area (Å²) in [5.41, 5.74) is 7.07. The first-order valence-electron chi connectivity index (χ1n) is 7.08. The highest BCUT2D eigenvalue weighted by Gasteiger charge is 2.27. The van der Waals surface area contributed by atoms with Gasteiger partial charge in [-0.3, -0.25) is 0 Å². The predicted molar refractivity (Wildman–Crippen MR) is 77.3 cm³/mol. The first-order valence-corrected chi connectivity index (χ1v) is 7.08. The zero-order valence-electron chi connectivity index (χ0n) is 11.7. The van der Waals surface area contributed by atoms with Gasteiger partial charge in [-0.1, -0.05) is 35.5 Å². The molecule has 2 aromatic rings. The van der Waals surface area contributed by atoms with Crippen molar-refractivity contribution in [2.75, 3.05) is 0 Å². The van der Waals surface area contributed by atoms with E-state index in [9.17, 15) is 0 Å². The van der Waals surface area contributed by atoms with Crippen molar-refractivity contribution in [1.82, 2.24) is 20.2 Å². The third-order valence-corrected chi connectivity index (χ3v) is 3.34. The minimum absolute atomic E-state index is 0.246. The zero-order valence-corrected chi connectivity index (χ0v) is 11.7. The molecule has 1 aromatic heterocycles. The van der Waals surface area contributed by atoms with E-state index in [1.54, 1.807) is 4.68 Å². The molecule has 21 heavy (non-hydrogen) atoms. The average Bonchev–Trinajstić information content (AvgIpc) is 3.26. The maximum atomic E-state index is 5.84. The van der Waals surface area contributed by atoms with Gasteiger partial charge < -0.3 is 10.6 Å². The Morgan fingerprint density at radius 3 is 2.90 bits per heavy atom. The topological polar surface area (TPSA) is 91.2 Å². The van der Waals surface area contributed by atoms with Gasteiger partial charge >= 0.3 is 0 Å². The van der Waals surface area contributed by atoms with Crippen LogP contribution in [0.2, 0.25) is 0 Å². The van der Waals surface area contributed by atoms with Crippen LogP contribution in [-0.4, -0.2) is 26.0 Å². The number of tetrazole rings is 1. The summed E-state index contributed by atoms with van der Waals surface area (Å²) >= 11 is 0. The number of aromatic nitrogens is 4. The van der Waals surface area contributed by atoms with Gasteiger partial charge in [0.15, 0.2) is 12.4 Å². The summed E-state index contributed by atoms with van der Waals surface area (Å²) in [5.74, 6) is 1.17. The Balaban J connectivity index is 1.46. The van der Waals surface area contributed by atoms with Gasteiger partial charge in [0.25, 0.3) is 0 Å². The monoisotopic (exact) mass is 286 g/mol. The Kier molecular flexibility index (Phi) is 4.09. The molecule has 110 valence electrons. The Bertz CT molecular complexity index is 605. The number of benzene rings is 1. The largest absolute Gasteiger partial charge is 0.386 e. The van der Waals surface area contributed by atoms with Gasteiger partial charge in [-0.2, -0.15) is 0 Å². The second kappa shape index (κ2) is 6.34. The normalized spacial score (nSPS) is 15.1. The summed E-state index contributed by atoms with van der Waals surface area (Å²) in [4.78, 5) is 5.25. The minimum atomic E-state index is 0.246. The highest BCUT2D eigenvalue weighted by atomic mass is 16.6. The molecule has 0 spiro atoms. The van der Waals surface area contributed by atoms with Crippen molar-refractivity contribution in [3.05, 3.63) is 41.7 Å². The van der Waals surface area contributed by atoms with Crippen LogP contribution in [0.15, 0.2) is 35.5 Å². The fourth-order valence-electron chi connectivity index (χ4n) is 2.05. The lowest BCUT2D eigenvalue weighted by Gasteiger charge is -2.03. The summed E-state index contributed by atoms with van der Waals surface area (Å²) in [6.07, 6.45) is 3.76. The molecule has 0 aliphatic heterocycles. The van der Waals surface area contributed by atoms with E-state index in [4.69, 9.17) is 10.6 Å². The van der Waals surface area contributed by atoms with E-state index in [1.807, 2.05) is 18.2 Å². The Morgan fingerprint density at radius 1 is 1.33 bits per heavy atom. The quantitative estimate of drug-likeness (QED) is 0.472. The van der Waals surface area contributed by atoms with Crippen molar-refractivity contribution in [1.29, 1.82) is 0 Å². The highest BCUT2D eigenvalue weighted by molar-refractivity contribution is 5.79. The molecule has 0 radical (unpaired) electrons. The fourth-order valence-corrected chi connectivity index (χ4v) is 2.05. The van der Waals surface area contributed by atoms with Crippen LogP contribution in [0.5, 0.6) is 0 Å². The molecule has 1 aromatic carbocycles. The molecule has 0 unspecified atom stereocenters. The van der Waals surface area contributed by atoms with Crippen LogP contribution < -0.4 is 5.73 Å². The van der Waals surface area contributed by atoms with E-state index in [-0.39, 0.29) is 6.61 Å². The number of hydrogen-bond acceptors (Lipinski definition) is 5. The number of nitrogens with two attached hydrogens (primary N) is 1. The fraction of sp³-hybridized carbons (Fsp3) is 0.429. The van der Waals surface area contributed by atoms with E-state index >= 15 is 0 Å². The van der Waals surface area contributed by atoms with E-state index in [0.717, 1.165) is 19.3 Å². The molecule has 1 aliphatic carbocycles. The summed E-state index contributed by atoms with van der Waals surface area (Å²) < 4.78 is 1.80. The first kappa shape index (κ1) is 13.5. The summed E-state index contributed by atoms with van der Waals surface area (Å²) in [6.45, 7) is 0.246. The molecule has 1 fully saturated rings. The smallest absolute Gasteiger partial charge is 0.192 e. The average molecular weight is 286 g/mol. The highest BCUT2D eigenvalue weighted by Crippen LogP contribution is 2.34. The van der Waals surface area contributed by atoms with E-state index < -0.39 is 0 Å². The van der Waals surface area contributed by atoms with Gasteiger partial charge in [-0.05, 0) is 35.3 Å². The lowest BCUT2D eigenvalue weighted by atomic mass is 10.1. The van der Waals surface area contributed by atoms with Crippen LogP contribution in [0.4, 0.5) is 0 Å². The van der Waals surface area contributed by atoms with E-state index in [1.165, 1.54) is 5.56 Å². The maximum Gasteiger partial charge on any atom is 0.192 e. The predicted octanol–water partition coefficient (Wildman–Crippen LogP) is 1.43. The van der Waals surface area contributed by atoms with Crippen LogP contribution in [-0.2, 0) is 17.9 Å². The standard InChI is InChI=1S/C14H18N6O/c15-13(9-6-11-4-2-1-3-5-11)17-21-10-14-16-18-19-20(14)12-7-8-12/h1-5,12H,6-10H2,(H2,15,17). The van der Waals surface area contributed by atoms with Crippen molar-refractivity contribution in [2.45, 2.75) is 38.3 Å². The Hall–Kier alpha value is -2.44. The van der Waals surface area contributed by atoms with Crippen molar-refractivity contribution >= 4 is 5.84 Å². The maximum absolute atomic E-state index is 5.84. The zero-order chi connectivity index (χ0) is 14.5. The molecule has 1 saturated carbocycles. The minimum Gasteiger partial charge on any atom is -0.386 e. The van der Waals surface area contributed by atoms with Crippen molar-refractivity contribution < 1.29 is 4.84 Å². The first-order chi connectivity index (χ1) is 10.3. The van der Waals surface area contributed by atoms with Crippen LogP contribution in [0, 0.1) is 0 Å². The molecule has 0 amide bonds. The summed E-state index contributed by atoms with van der Waals surface area (Å²) in [6, 6.07) is 10.6. The van der Waals surface area contributed by atoms with Gasteiger partial charge in [0, 0.05) is 6.42 Å². The van der Waals surface area contributed by atoms with Gasteiger partial charge in [0.2, 0.25) is 0 Å². The molecule has 7 heteroatoms. The van der Waals surface area contributed by atoms with Crippen LogP contribution >= 0.6 is 0 Å². The van der Waals surface area contributed by atoms with Crippen LogP contribution in [0.25, 0.3) is 0 Å². The second-order valence-corrected chi connectivity index (χ2v) is 5.11. The number of aryl methyl sites for hydroxylation is 1. The third-order valence-electron chi connectivity index (χ3n) is 3.34. The second-order valence-electron chi connectivity index (χ2n) is 5.11. The third kappa shape index (κ3) is 3.77.